The molecule has 240 valence electrons. The summed E-state index contributed by atoms with van der Waals surface area (Å²) in [6.07, 6.45) is 0.00191. The number of amides is 1. The number of rotatable bonds is 8. The molecule has 0 spiro atoms. The van der Waals surface area contributed by atoms with Gasteiger partial charge in [0.2, 0.25) is 0 Å². The smallest absolute Gasteiger partial charge is 0.261 e. The maximum atomic E-state index is 15.0. The Labute approximate surface area is 270 Å². The number of nitrogens with one attached hydrogen (secondary N) is 2. The number of nitrogens with zero attached hydrogens (tertiary/aromatic N) is 3. The third-order valence-electron chi connectivity index (χ3n) is 8.39. The minimum Gasteiger partial charge on any atom is -0.455 e. The lowest BCUT2D eigenvalue weighted by Gasteiger charge is -2.30. The van der Waals surface area contributed by atoms with Crippen molar-refractivity contribution in [1.29, 1.82) is 0 Å². The number of halogens is 2. The fourth-order valence-corrected chi connectivity index (χ4v) is 6.83. The van der Waals surface area contributed by atoms with E-state index in [0.717, 1.165) is 0 Å². The molecule has 4 heterocycles. The van der Waals surface area contributed by atoms with Gasteiger partial charge in [-0.3, -0.25) is 13.7 Å². The molecule has 0 radical (unpaired) electrons. The van der Waals surface area contributed by atoms with Gasteiger partial charge in [0.1, 0.15) is 34.8 Å². The lowest BCUT2D eigenvalue weighted by molar-refractivity contribution is 0.0964. The maximum Gasteiger partial charge on any atom is 0.261 e. The molecule has 3 aromatic heterocycles. The molecule has 0 bridgehead atoms. The van der Waals surface area contributed by atoms with Crippen molar-refractivity contribution in [3.05, 3.63) is 90.0 Å². The number of anilines is 2. The van der Waals surface area contributed by atoms with Gasteiger partial charge in [-0.1, -0.05) is 6.07 Å². The van der Waals surface area contributed by atoms with Crippen LogP contribution in [0.2, 0.25) is 0 Å². The molecule has 10 nitrogen and oxygen atoms in total. The van der Waals surface area contributed by atoms with E-state index in [-0.39, 0.29) is 42.0 Å². The van der Waals surface area contributed by atoms with Crippen LogP contribution in [-0.2, 0) is 11.3 Å². The Morgan fingerprint density at radius 3 is 2.60 bits per heavy atom. The van der Waals surface area contributed by atoms with Crippen molar-refractivity contribution in [2.75, 3.05) is 29.8 Å². The predicted molar refractivity (Wildman–Crippen MR) is 177 cm³/mol. The zero-order chi connectivity index (χ0) is 33.0. The van der Waals surface area contributed by atoms with Crippen LogP contribution in [0.1, 0.15) is 29.9 Å². The Bertz CT molecular complexity index is 2220. The summed E-state index contributed by atoms with van der Waals surface area (Å²) in [6.45, 7) is 1.78. The summed E-state index contributed by atoms with van der Waals surface area (Å²) in [5.41, 5.74) is 4.57. The van der Waals surface area contributed by atoms with E-state index in [1.54, 1.807) is 37.3 Å². The average molecular weight is 658 g/mol. The van der Waals surface area contributed by atoms with Crippen molar-refractivity contribution in [3.8, 4) is 34.0 Å². The Kier molecular flexibility index (Phi) is 7.74. The van der Waals surface area contributed by atoms with Crippen LogP contribution in [-0.4, -0.2) is 49.5 Å². The first-order valence-electron chi connectivity index (χ1n) is 14.9. The number of hydrogen-bond donors (Lipinski definition) is 4. The quantitative estimate of drug-likeness (QED) is 0.134. The number of aromatic nitrogens is 2. The van der Waals surface area contributed by atoms with Gasteiger partial charge in [0.25, 0.3) is 17.2 Å². The molecule has 0 fully saturated rings. The Morgan fingerprint density at radius 2 is 1.89 bits per heavy atom. The fourth-order valence-electron chi connectivity index (χ4n) is 6.28. The summed E-state index contributed by atoms with van der Waals surface area (Å²) in [5.74, 6) is -1.07. The van der Waals surface area contributed by atoms with E-state index in [9.17, 15) is 27.4 Å². The van der Waals surface area contributed by atoms with Crippen molar-refractivity contribution in [2.45, 2.75) is 19.5 Å². The number of fused-ring (bicyclic) bond motifs is 6. The summed E-state index contributed by atoms with van der Waals surface area (Å²) in [7, 11) is 1.49. The normalized spacial score (nSPS) is 14.5. The third-order valence-corrected chi connectivity index (χ3v) is 9.22. The van der Waals surface area contributed by atoms with Crippen molar-refractivity contribution in [2.24, 2.45) is 0 Å². The molecule has 47 heavy (non-hydrogen) atoms. The first-order valence-corrected chi connectivity index (χ1v) is 16.0. The van der Waals surface area contributed by atoms with Crippen LogP contribution >= 0.6 is 0 Å². The monoisotopic (exact) mass is 657 g/mol. The second-order valence-electron chi connectivity index (χ2n) is 11.0. The first kappa shape index (κ1) is 30.5. The zero-order valence-corrected chi connectivity index (χ0v) is 26.1. The van der Waals surface area contributed by atoms with E-state index < -0.39 is 23.0 Å². The van der Waals surface area contributed by atoms with Gasteiger partial charge in [-0.05, 0) is 67.6 Å². The largest absolute Gasteiger partial charge is 0.455 e. The molecule has 3 aromatic carbocycles. The van der Waals surface area contributed by atoms with Gasteiger partial charge in [-0.15, -0.1) is 0 Å². The number of aliphatic hydroxyl groups is 1. The van der Waals surface area contributed by atoms with Gasteiger partial charge in [0, 0.05) is 54.6 Å². The van der Waals surface area contributed by atoms with Crippen molar-refractivity contribution in [1.82, 2.24) is 14.9 Å². The highest BCUT2D eigenvalue weighted by Gasteiger charge is 2.30. The minimum atomic E-state index is -2.43. The number of carbonyl (C=O) groups is 1. The minimum absolute atomic E-state index is 0.0975. The van der Waals surface area contributed by atoms with E-state index in [4.69, 9.17) is 9.40 Å². The molecule has 0 saturated heterocycles. The molecular formula is C34H29F2N5O5S. The fraction of sp³-hybridized carbons (Fsp3) is 0.176. The molecule has 2 atom stereocenters. The van der Waals surface area contributed by atoms with Crippen LogP contribution in [0, 0.1) is 11.6 Å². The first-order chi connectivity index (χ1) is 22.7. The Morgan fingerprint density at radius 1 is 1.11 bits per heavy atom. The van der Waals surface area contributed by atoms with Crippen molar-refractivity contribution < 1.29 is 31.9 Å². The number of benzene rings is 3. The molecule has 13 heteroatoms. The standard InChI is InChI=1S/C34H29F2N5O5S/c1-3-40(47(44)45)27-17-29-22(31(34(43)37-2)33(46-29)18-7-9-19(35)10-8-18)15-21(27)24-11-12-25-32(39-24)28-16-20-23(36)5-4-6-26(20)41(28)30(38-25)13-14-42/h4-12,15-17,30,38,42H,3,13-14H2,1-2H3,(H,37,43)(H,44,45). The molecule has 0 aliphatic carbocycles. The SMILES string of the molecule is CCN(c1cc2oc(-c3ccc(F)cc3)c(C(=O)NC)c2cc1-c1ccc2c(n1)-c1cc3c(F)cccc3n1C(CCO)N2)S(=O)O. The van der Waals surface area contributed by atoms with E-state index in [0.29, 0.717) is 62.3 Å². The third kappa shape index (κ3) is 5.03. The second-order valence-corrected chi connectivity index (χ2v) is 11.9. The van der Waals surface area contributed by atoms with Gasteiger partial charge in [0.15, 0.2) is 0 Å². The van der Waals surface area contributed by atoms with Crippen molar-refractivity contribution in [3.63, 3.8) is 0 Å². The van der Waals surface area contributed by atoms with Gasteiger partial charge in [-0.25, -0.2) is 18.0 Å². The van der Waals surface area contributed by atoms with E-state index in [1.807, 2.05) is 16.7 Å². The summed E-state index contributed by atoms with van der Waals surface area (Å²) in [4.78, 5) is 18.3. The van der Waals surface area contributed by atoms with Gasteiger partial charge in [0.05, 0.1) is 33.8 Å². The van der Waals surface area contributed by atoms with Crippen LogP contribution < -0.4 is 14.9 Å². The van der Waals surface area contributed by atoms with Gasteiger partial charge < -0.3 is 24.7 Å². The van der Waals surface area contributed by atoms with Crippen LogP contribution in [0.5, 0.6) is 0 Å². The summed E-state index contributed by atoms with van der Waals surface area (Å²) < 4.78 is 61.0. The molecule has 2 unspecified atom stereocenters. The number of furan rings is 1. The van der Waals surface area contributed by atoms with Crippen LogP contribution in [0.3, 0.4) is 0 Å². The second kappa shape index (κ2) is 11.9. The Balaban J connectivity index is 1.49. The van der Waals surface area contributed by atoms with E-state index in [2.05, 4.69) is 10.6 Å². The topological polar surface area (TPSA) is 133 Å². The van der Waals surface area contributed by atoms with E-state index in [1.165, 1.54) is 41.7 Å². The zero-order valence-electron chi connectivity index (χ0n) is 25.3. The lowest BCUT2D eigenvalue weighted by atomic mass is 10.00. The summed E-state index contributed by atoms with van der Waals surface area (Å²) >= 11 is -2.43. The highest BCUT2D eigenvalue weighted by Crippen LogP contribution is 2.45. The highest BCUT2D eigenvalue weighted by molar-refractivity contribution is 7.80. The maximum absolute atomic E-state index is 15.0. The number of carbonyl (C=O) groups excluding carboxylic acids is 1. The predicted octanol–water partition coefficient (Wildman–Crippen LogP) is 6.69. The highest BCUT2D eigenvalue weighted by atomic mass is 32.2. The number of aliphatic hydroxyl groups excluding tert-OH is 1. The lowest BCUT2D eigenvalue weighted by Crippen LogP contribution is -2.26. The molecule has 1 aliphatic rings. The van der Waals surface area contributed by atoms with Crippen molar-refractivity contribution >= 4 is 50.4 Å². The average Bonchev–Trinajstić information content (AvgIpc) is 3.65. The molecule has 6 aromatic rings. The molecule has 1 amide bonds. The van der Waals surface area contributed by atoms with Gasteiger partial charge >= 0.3 is 0 Å². The Hall–Kier alpha value is -5.11. The van der Waals surface area contributed by atoms with Crippen LogP contribution in [0.15, 0.2) is 77.2 Å². The number of pyridine rings is 1. The van der Waals surface area contributed by atoms with Crippen LogP contribution in [0.25, 0.3) is 55.8 Å². The van der Waals surface area contributed by atoms with Gasteiger partial charge in [-0.2, -0.15) is 0 Å². The molecule has 7 rings (SSSR count). The number of hydrogen-bond acceptors (Lipinski definition) is 6. The summed E-state index contributed by atoms with van der Waals surface area (Å²) in [6, 6.07) is 18.9. The molecule has 1 aliphatic heterocycles. The molecule has 4 N–H and O–H groups in total. The van der Waals surface area contributed by atoms with Crippen LogP contribution in [0.4, 0.5) is 20.2 Å². The van der Waals surface area contributed by atoms with E-state index >= 15 is 0 Å². The molecular weight excluding hydrogens is 628 g/mol. The summed E-state index contributed by atoms with van der Waals surface area (Å²) in [5, 5.41) is 16.7. The molecule has 0 saturated carbocycles.